The summed E-state index contributed by atoms with van der Waals surface area (Å²) in [6.07, 6.45) is 1.63. The Morgan fingerprint density at radius 1 is 0.974 bits per heavy atom. The average molecular weight is 514 g/mol. The molecule has 4 rings (SSSR count). The lowest BCUT2D eigenvalue weighted by molar-refractivity contribution is 0.0949. The van der Waals surface area contributed by atoms with E-state index in [9.17, 15) is 9.18 Å². The zero-order valence-electron chi connectivity index (χ0n) is 21.7. The van der Waals surface area contributed by atoms with E-state index in [0.29, 0.717) is 41.7 Å². The number of carbonyl (C=O) groups is 1. The van der Waals surface area contributed by atoms with Crippen molar-refractivity contribution >= 4 is 17.5 Å². The quantitative estimate of drug-likeness (QED) is 0.254. The van der Waals surface area contributed by atoms with Gasteiger partial charge in [0.05, 0.1) is 5.69 Å². The van der Waals surface area contributed by atoms with Crippen LogP contribution in [0.1, 0.15) is 29.8 Å². The molecule has 0 spiro atoms. The molecule has 0 radical (unpaired) electrons. The van der Waals surface area contributed by atoms with Gasteiger partial charge in [-0.3, -0.25) is 4.79 Å². The molecular weight excluding hydrogens is 481 g/mol. The smallest absolute Gasteiger partial charge is 0.251 e. The third-order valence-corrected chi connectivity index (χ3v) is 6.12. The van der Waals surface area contributed by atoms with E-state index in [-0.39, 0.29) is 11.7 Å². The van der Waals surface area contributed by atoms with Gasteiger partial charge >= 0.3 is 0 Å². The van der Waals surface area contributed by atoms with Crippen molar-refractivity contribution in [3.63, 3.8) is 0 Å². The summed E-state index contributed by atoms with van der Waals surface area (Å²) in [5.41, 5.74) is 3.55. The first-order valence-electron chi connectivity index (χ1n) is 12.7. The number of rotatable bonds is 12. The molecule has 0 saturated heterocycles. The summed E-state index contributed by atoms with van der Waals surface area (Å²) in [5.74, 6) is 0.273. The molecule has 196 valence electrons. The number of ether oxygens (including phenoxy) is 1. The van der Waals surface area contributed by atoms with Crippen molar-refractivity contribution in [2.24, 2.45) is 0 Å². The van der Waals surface area contributed by atoms with Crippen molar-refractivity contribution in [3.05, 3.63) is 102 Å². The highest BCUT2D eigenvalue weighted by molar-refractivity contribution is 5.94. The molecule has 8 heteroatoms. The van der Waals surface area contributed by atoms with Gasteiger partial charge in [0.25, 0.3) is 5.91 Å². The van der Waals surface area contributed by atoms with Crippen molar-refractivity contribution in [1.29, 1.82) is 0 Å². The van der Waals surface area contributed by atoms with Crippen LogP contribution in [0.3, 0.4) is 0 Å². The van der Waals surface area contributed by atoms with Gasteiger partial charge in [0.1, 0.15) is 18.2 Å². The minimum Gasteiger partial charge on any atom is -0.488 e. The lowest BCUT2D eigenvalue weighted by Crippen LogP contribution is -2.34. The van der Waals surface area contributed by atoms with Crippen LogP contribution < -0.4 is 15.4 Å². The van der Waals surface area contributed by atoms with Gasteiger partial charge in [-0.15, -0.1) is 0 Å². The first-order chi connectivity index (χ1) is 18.6. The fraction of sp³-hybridized carbons (Fsp3) is 0.233. The second kappa shape index (κ2) is 13.3. The molecule has 0 fully saturated rings. The third kappa shape index (κ3) is 7.36. The normalized spacial score (nSPS) is 10.8. The van der Waals surface area contributed by atoms with Crippen molar-refractivity contribution < 1.29 is 13.9 Å². The number of nitrogens with one attached hydrogen (secondary N) is 2. The van der Waals surface area contributed by atoms with Gasteiger partial charge in [0.15, 0.2) is 0 Å². The van der Waals surface area contributed by atoms with Crippen molar-refractivity contribution in [1.82, 2.24) is 20.2 Å². The van der Waals surface area contributed by atoms with Crippen molar-refractivity contribution in [3.8, 4) is 17.0 Å². The number of amides is 1. The summed E-state index contributed by atoms with van der Waals surface area (Å²) < 4.78 is 20.0. The number of halogens is 1. The monoisotopic (exact) mass is 513 g/mol. The maximum Gasteiger partial charge on any atom is 0.251 e. The number of aromatic nitrogens is 2. The minimum atomic E-state index is -0.388. The Labute approximate surface area is 222 Å². The van der Waals surface area contributed by atoms with Gasteiger partial charge in [0.2, 0.25) is 5.95 Å². The molecule has 0 aliphatic rings. The topological polar surface area (TPSA) is 79.4 Å². The number of hydrogen-bond donors (Lipinski definition) is 2. The molecule has 0 bridgehead atoms. The molecular formula is C30H32FN5O2. The number of anilines is 2. The first-order valence-corrected chi connectivity index (χ1v) is 12.7. The Bertz CT molecular complexity index is 1330. The fourth-order valence-corrected chi connectivity index (χ4v) is 3.93. The SMILES string of the molecule is CCN(CC)CCNC(=O)c1ccc(Nc2nccc(-c3ccc(F)cc3OCc3ccccc3)n2)cc1. The van der Waals surface area contributed by atoms with E-state index in [0.717, 1.165) is 30.9 Å². The van der Waals surface area contributed by atoms with Crippen LogP contribution in [0.2, 0.25) is 0 Å². The molecule has 1 heterocycles. The maximum atomic E-state index is 14.0. The lowest BCUT2D eigenvalue weighted by atomic mass is 10.1. The Kier molecular flexibility index (Phi) is 9.37. The number of nitrogens with zero attached hydrogens (tertiary/aromatic N) is 3. The molecule has 2 N–H and O–H groups in total. The summed E-state index contributed by atoms with van der Waals surface area (Å²) >= 11 is 0. The molecule has 0 atom stereocenters. The summed E-state index contributed by atoms with van der Waals surface area (Å²) in [5, 5.41) is 6.13. The van der Waals surface area contributed by atoms with Crippen LogP contribution in [0, 0.1) is 5.82 Å². The van der Waals surface area contributed by atoms with E-state index < -0.39 is 0 Å². The second-order valence-corrected chi connectivity index (χ2v) is 8.67. The molecule has 0 saturated carbocycles. The van der Waals surface area contributed by atoms with Crippen LogP contribution in [0.4, 0.5) is 16.0 Å². The summed E-state index contributed by atoms with van der Waals surface area (Å²) in [6, 6.07) is 23.0. The Balaban J connectivity index is 1.42. The molecule has 4 aromatic rings. The largest absolute Gasteiger partial charge is 0.488 e. The molecule has 1 aromatic heterocycles. The minimum absolute atomic E-state index is 0.110. The molecule has 3 aromatic carbocycles. The van der Waals surface area contributed by atoms with Crippen LogP contribution in [-0.2, 0) is 6.61 Å². The Hall–Kier alpha value is -4.30. The standard InChI is InChI=1S/C30H32FN5O2/c1-3-36(4-2)19-18-32-29(37)23-10-13-25(14-11-23)34-30-33-17-16-27(35-30)26-15-12-24(31)20-28(26)38-21-22-8-6-5-7-9-22/h5-17,20H,3-4,18-19,21H2,1-2H3,(H,32,37)(H,33,34,35). The predicted molar refractivity (Wildman–Crippen MR) is 148 cm³/mol. The maximum absolute atomic E-state index is 14.0. The fourth-order valence-electron chi connectivity index (χ4n) is 3.93. The molecule has 0 aliphatic heterocycles. The summed E-state index contributed by atoms with van der Waals surface area (Å²) in [7, 11) is 0. The van der Waals surface area contributed by atoms with E-state index in [1.54, 1.807) is 30.5 Å². The summed E-state index contributed by atoms with van der Waals surface area (Å²) in [4.78, 5) is 23.6. The van der Waals surface area contributed by atoms with Crippen molar-refractivity contribution in [2.75, 3.05) is 31.5 Å². The second-order valence-electron chi connectivity index (χ2n) is 8.67. The van der Waals surface area contributed by atoms with Gasteiger partial charge in [-0.25, -0.2) is 14.4 Å². The number of hydrogen-bond acceptors (Lipinski definition) is 6. The van der Waals surface area contributed by atoms with Gasteiger partial charge < -0.3 is 20.3 Å². The molecule has 7 nitrogen and oxygen atoms in total. The molecule has 38 heavy (non-hydrogen) atoms. The van der Waals surface area contributed by atoms with Crippen LogP contribution in [-0.4, -0.2) is 47.0 Å². The third-order valence-electron chi connectivity index (χ3n) is 6.12. The van der Waals surface area contributed by atoms with Crippen LogP contribution in [0.15, 0.2) is 85.1 Å². The number of benzene rings is 3. The van der Waals surface area contributed by atoms with Gasteiger partial charge in [-0.1, -0.05) is 44.2 Å². The average Bonchev–Trinajstić information content (AvgIpc) is 2.95. The van der Waals surface area contributed by atoms with Gasteiger partial charge in [-0.05, 0) is 61.1 Å². The Morgan fingerprint density at radius 3 is 2.47 bits per heavy atom. The summed E-state index contributed by atoms with van der Waals surface area (Å²) in [6.45, 7) is 7.85. The van der Waals surface area contributed by atoms with E-state index in [1.165, 1.54) is 12.1 Å². The highest BCUT2D eigenvalue weighted by atomic mass is 19.1. The zero-order chi connectivity index (χ0) is 26.7. The van der Waals surface area contributed by atoms with Crippen molar-refractivity contribution in [2.45, 2.75) is 20.5 Å². The predicted octanol–water partition coefficient (Wildman–Crippen LogP) is 5.68. The van der Waals surface area contributed by atoms with E-state index in [2.05, 4.69) is 39.3 Å². The van der Waals surface area contributed by atoms with Gasteiger partial charge in [-0.2, -0.15) is 0 Å². The lowest BCUT2D eigenvalue weighted by Gasteiger charge is -2.18. The molecule has 0 aliphatic carbocycles. The molecule has 1 amide bonds. The van der Waals surface area contributed by atoms with Crippen LogP contribution in [0.25, 0.3) is 11.3 Å². The van der Waals surface area contributed by atoms with Gasteiger partial charge in [0, 0.05) is 42.2 Å². The van der Waals surface area contributed by atoms with Crippen LogP contribution >= 0.6 is 0 Å². The van der Waals surface area contributed by atoms with Crippen LogP contribution in [0.5, 0.6) is 5.75 Å². The zero-order valence-corrected chi connectivity index (χ0v) is 21.7. The van der Waals surface area contributed by atoms with E-state index in [1.807, 2.05) is 42.5 Å². The van der Waals surface area contributed by atoms with E-state index in [4.69, 9.17) is 4.74 Å². The highest BCUT2D eigenvalue weighted by Crippen LogP contribution is 2.31. The number of carbonyl (C=O) groups excluding carboxylic acids is 1. The Morgan fingerprint density at radius 2 is 1.74 bits per heavy atom. The highest BCUT2D eigenvalue weighted by Gasteiger charge is 2.12. The first kappa shape index (κ1) is 26.8. The van der Waals surface area contributed by atoms with E-state index >= 15 is 0 Å². The molecule has 0 unspecified atom stereocenters. The number of likely N-dealkylation sites (N-methyl/N-ethyl adjacent to an activating group) is 1.